The van der Waals surface area contributed by atoms with E-state index < -0.39 is 29.7 Å². The van der Waals surface area contributed by atoms with Crippen molar-refractivity contribution in [1.82, 2.24) is 0 Å². The van der Waals surface area contributed by atoms with Gasteiger partial charge in [0, 0.05) is 5.92 Å². The summed E-state index contributed by atoms with van der Waals surface area (Å²) < 4.78 is 9.94. The molecule has 2 aliphatic rings. The van der Waals surface area contributed by atoms with Crippen LogP contribution in [0.3, 0.4) is 0 Å². The average molecular weight is 214 g/mol. The molecule has 1 aliphatic heterocycles. The van der Waals surface area contributed by atoms with Crippen molar-refractivity contribution in [3.8, 4) is 0 Å². The van der Waals surface area contributed by atoms with Crippen molar-refractivity contribution >= 4 is 11.9 Å². The molecule has 0 aromatic carbocycles. The summed E-state index contributed by atoms with van der Waals surface area (Å²) in [5.41, 5.74) is 0. The van der Waals surface area contributed by atoms with E-state index in [4.69, 9.17) is 19.7 Å². The molecule has 15 heavy (non-hydrogen) atoms. The first kappa shape index (κ1) is 9.82. The quantitative estimate of drug-likeness (QED) is 0.706. The highest BCUT2D eigenvalue weighted by atomic mass is 16.7. The molecular weight excluding hydrogens is 204 g/mol. The minimum atomic E-state index is -1.41. The van der Waals surface area contributed by atoms with Crippen LogP contribution < -0.4 is 0 Å². The summed E-state index contributed by atoms with van der Waals surface area (Å²) in [6.45, 7) is 1.97. The van der Waals surface area contributed by atoms with Gasteiger partial charge in [-0.3, -0.25) is 0 Å². The molecule has 1 saturated carbocycles. The fourth-order valence-electron chi connectivity index (χ4n) is 1.56. The number of ether oxygens (including phenoxy) is 2. The van der Waals surface area contributed by atoms with Gasteiger partial charge in [0.15, 0.2) is 0 Å². The van der Waals surface area contributed by atoms with Gasteiger partial charge in [-0.1, -0.05) is 6.92 Å². The minimum absolute atomic E-state index is 0.0937. The summed E-state index contributed by atoms with van der Waals surface area (Å²) in [4.78, 5) is 21.3. The highest BCUT2D eigenvalue weighted by molar-refractivity contribution is 5.96. The Labute approximate surface area is 85.1 Å². The van der Waals surface area contributed by atoms with Crippen LogP contribution in [0.5, 0.6) is 0 Å². The molecule has 0 saturated heterocycles. The van der Waals surface area contributed by atoms with Gasteiger partial charge < -0.3 is 19.7 Å². The van der Waals surface area contributed by atoms with Crippen LogP contribution in [0.4, 0.5) is 0 Å². The molecule has 2 atom stereocenters. The fourth-order valence-corrected chi connectivity index (χ4v) is 1.56. The Bertz CT molecular complexity index is 332. The van der Waals surface area contributed by atoms with Crippen molar-refractivity contribution in [3.63, 3.8) is 0 Å². The molecule has 0 radical (unpaired) electrons. The highest BCUT2D eigenvalue weighted by Crippen LogP contribution is 2.45. The molecule has 2 rings (SSSR count). The molecule has 1 fully saturated rings. The standard InChI is InChI=1S/C9H10O6/c1-3-2-4(3)9-14-5(7(10)11)6(15-9)8(12)13/h3-4,9H,2H2,1H3,(H,10,11)(H,12,13)/t3-,4-/m0/s1. The van der Waals surface area contributed by atoms with Gasteiger partial charge in [0.05, 0.1) is 0 Å². The fraction of sp³-hybridized carbons (Fsp3) is 0.556. The zero-order chi connectivity index (χ0) is 11.2. The van der Waals surface area contributed by atoms with Crippen molar-refractivity contribution in [3.05, 3.63) is 11.5 Å². The van der Waals surface area contributed by atoms with Crippen LogP contribution in [-0.2, 0) is 19.1 Å². The van der Waals surface area contributed by atoms with E-state index in [2.05, 4.69) is 0 Å². The molecular formula is C9H10O6. The molecule has 6 heteroatoms. The van der Waals surface area contributed by atoms with E-state index in [9.17, 15) is 9.59 Å². The molecule has 1 heterocycles. The Morgan fingerprint density at radius 2 is 1.60 bits per heavy atom. The van der Waals surface area contributed by atoms with Gasteiger partial charge in [0.25, 0.3) is 11.5 Å². The monoisotopic (exact) mass is 214 g/mol. The molecule has 6 nitrogen and oxygen atoms in total. The van der Waals surface area contributed by atoms with Gasteiger partial charge in [-0.15, -0.1) is 0 Å². The number of carboxylic acids is 2. The third-order valence-electron chi connectivity index (χ3n) is 2.58. The van der Waals surface area contributed by atoms with Crippen molar-refractivity contribution < 1.29 is 29.3 Å². The number of carboxylic acid groups (broad SMARTS) is 2. The summed E-state index contributed by atoms with van der Waals surface area (Å²) in [6.07, 6.45) is 0.113. The van der Waals surface area contributed by atoms with E-state index in [0.29, 0.717) is 5.92 Å². The van der Waals surface area contributed by atoms with E-state index in [1.165, 1.54) is 0 Å². The van der Waals surface area contributed by atoms with Gasteiger partial charge in [0.2, 0.25) is 6.29 Å². The lowest BCUT2D eigenvalue weighted by molar-refractivity contribution is -0.140. The molecule has 0 aromatic rings. The molecule has 82 valence electrons. The van der Waals surface area contributed by atoms with E-state index in [1.807, 2.05) is 6.92 Å². The number of aliphatic carboxylic acids is 2. The predicted molar refractivity (Wildman–Crippen MR) is 45.5 cm³/mol. The number of hydrogen-bond donors (Lipinski definition) is 2. The first-order chi connectivity index (χ1) is 7.00. The summed E-state index contributed by atoms with van der Waals surface area (Å²) >= 11 is 0. The molecule has 0 spiro atoms. The average Bonchev–Trinajstić information content (AvgIpc) is 2.72. The van der Waals surface area contributed by atoms with E-state index >= 15 is 0 Å². The lowest BCUT2D eigenvalue weighted by atomic mass is 10.3. The topological polar surface area (TPSA) is 93.1 Å². The Morgan fingerprint density at radius 3 is 1.87 bits per heavy atom. The maximum atomic E-state index is 10.7. The maximum absolute atomic E-state index is 10.7. The Morgan fingerprint density at radius 1 is 1.20 bits per heavy atom. The Hall–Kier alpha value is -1.72. The molecule has 2 N–H and O–H groups in total. The third kappa shape index (κ3) is 1.62. The number of rotatable bonds is 3. The van der Waals surface area contributed by atoms with Gasteiger partial charge >= 0.3 is 11.9 Å². The number of carbonyl (C=O) groups is 2. The minimum Gasteiger partial charge on any atom is -0.475 e. The van der Waals surface area contributed by atoms with Gasteiger partial charge in [0.1, 0.15) is 0 Å². The molecule has 0 amide bonds. The molecule has 0 unspecified atom stereocenters. The van der Waals surface area contributed by atoms with Crippen LogP contribution in [0.2, 0.25) is 0 Å². The lowest BCUT2D eigenvalue weighted by Crippen LogP contribution is -2.14. The largest absolute Gasteiger partial charge is 0.475 e. The highest BCUT2D eigenvalue weighted by Gasteiger charge is 2.48. The normalized spacial score (nSPS) is 29.7. The van der Waals surface area contributed by atoms with Crippen LogP contribution in [0.1, 0.15) is 13.3 Å². The number of hydrogen-bond acceptors (Lipinski definition) is 4. The second-order valence-corrected chi connectivity index (χ2v) is 3.75. The summed E-state index contributed by atoms with van der Waals surface area (Å²) in [6, 6.07) is 0. The van der Waals surface area contributed by atoms with Gasteiger partial charge in [-0.2, -0.15) is 0 Å². The van der Waals surface area contributed by atoms with Crippen molar-refractivity contribution in [2.75, 3.05) is 0 Å². The van der Waals surface area contributed by atoms with E-state index in [1.54, 1.807) is 0 Å². The van der Waals surface area contributed by atoms with Crippen molar-refractivity contribution in [1.29, 1.82) is 0 Å². The first-order valence-electron chi connectivity index (χ1n) is 4.55. The predicted octanol–water partition coefficient (Wildman–Crippen LogP) is 0.396. The second-order valence-electron chi connectivity index (χ2n) is 3.75. The van der Waals surface area contributed by atoms with Crippen LogP contribution in [0.25, 0.3) is 0 Å². The summed E-state index contributed by atoms with van der Waals surface area (Å²) in [5.74, 6) is -3.56. The zero-order valence-electron chi connectivity index (χ0n) is 7.97. The van der Waals surface area contributed by atoms with E-state index in [0.717, 1.165) is 6.42 Å². The second kappa shape index (κ2) is 3.15. The van der Waals surface area contributed by atoms with Crippen LogP contribution >= 0.6 is 0 Å². The summed E-state index contributed by atoms with van der Waals surface area (Å²) in [5, 5.41) is 17.4. The molecule has 1 aliphatic carbocycles. The third-order valence-corrected chi connectivity index (χ3v) is 2.58. The zero-order valence-corrected chi connectivity index (χ0v) is 7.97. The van der Waals surface area contributed by atoms with Crippen LogP contribution in [0.15, 0.2) is 11.5 Å². The Kier molecular flexibility index (Phi) is 2.06. The van der Waals surface area contributed by atoms with Crippen molar-refractivity contribution in [2.45, 2.75) is 19.6 Å². The first-order valence-corrected chi connectivity index (χ1v) is 4.55. The summed E-state index contributed by atoms with van der Waals surface area (Å²) in [7, 11) is 0. The van der Waals surface area contributed by atoms with E-state index in [-0.39, 0.29) is 5.92 Å². The molecule has 0 aromatic heterocycles. The van der Waals surface area contributed by atoms with Gasteiger partial charge in [-0.25, -0.2) is 9.59 Å². The maximum Gasteiger partial charge on any atom is 0.375 e. The Balaban J connectivity index is 2.14. The van der Waals surface area contributed by atoms with Gasteiger partial charge in [-0.05, 0) is 12.3 Å². The smallest absolute Gasteiger partial charge is 0.375 e. The lowest BCUT2D eigenvalue weighted by Gasteiger charge is -2.09. The van der Waals surface area contributed by atoms with Crippen LogP contribution in [0, 0.1) is 11.8 Å². The molecule has 0 bridgehead atoms. The SMILES string of the molecule is C[C@H]1C[C@@H]1C1OC(C(=O)O)=C(C(=O)O)O1. The van der Waals surface area contributed by atoms with Crippen molar-refractivity contribution in [2.24, 2.45) is 11.8 Å². The van der Waals surface area contributed by atoms with Crippen LogP contribution in [-0.4, -0.2) is 28.4 Å².